The molecule has 0 aliphatic heterocycles. The van der Waals surface area contributed by atoms with Gasteiger partial charge in [0.15, 0.2) is 0 Å². The molecule has 4 aromatic carbocycles. The van der Waals surface area contributed by atoms with Crippen molar-refractivity contribution >= 4 is 0 Å². The zero-order valence-electron chi connectivity index (χ0n) is 17.3. The average Bonchev–Trinajstić information content (AvgIpc) is 3.13. The maximum atomic E-state index is 2.34. The van der Waals surface area contributed by atoms with Gasteiger partial charge in [0, 0.05) is 11.3 Å². The van der Waals surface area contributed by atoms with Gasteiger partial charge in [-0.1, -0.05) is 115 Å². The van der Waals surface area contributed by atoms with Crippen molar-refractivity contribution in [3.05, 3.63) is 149 Å². The van der Waals surface area contributed by atoms with Crippen molar-refractivity contribution in [1.82, 2.24) is 0 Å². The van der Waals surface area contributed by atoms with Crippen LogP contribution in [-0.4, -0.2) is 0 Å². The Labute approximate surface area is 180 Å². The van der Waals surface area contributed by atoms with Crippen molar-refractivity contribution in [2.45, 2.75) is 31.1 Å². The summed E-state index contributed by atoms with van der Waals surface area (Å²) in [6, 6.07) is 42.2. The third-order valence-corrected chi connectivity index (χ3v) is 6.59. The van der Waals surface area contributed by atoms with Crippen LogP contribution < -0.4 is 0 Å². The number of fused-ring (bicyclic) bond motifs is 1. The summed E-state index contributed by atoms with van der Waals surface area (Å²) in [5.74, 6) is 1.59. The molecule has 0 amide bonds. The highest BCUT2D eigenvalue weighted by molar-refractivity contribution is 5.56. The van der Waals surface area contributed by atoms with Gasteiger partial charge in [-0.3, -0.25) is 0 Å². The summed E-state index contributed by atoms with van der Waals surface area (Å²) in [5, 5.41) is 0. The lowest BCUT2D eigenvalue weighted by molar-refractivity contribution is 0.456. The summed E-state index contributed by atoms with van der Waals surface area (Å²) in [6.45, 7) is 0. The molecule has 1 radical (unpaired) electrons. The smallest absolute Gasteiger partial charge is 0.0168 e. The van der Waals surface area contributed by atoms with E-state index in [1.165, 1.54) is 27.8 Å². The lowest BCUT2D eigenvalue weighted by atomic mass is 9.65. The van der Waals surface area contributed by atoms with E-state index in [1.54, 1.807) is 5.92 Å². The van der Waals surface area contributed by atoms with Crippen molar-refractivity contribution in [3.63, 3.8) is 0 Å². The van der Waals surface area contributed by atoms with E-state index in [-0.39, 0.29) is 5.41 Å². The quantitative estimate of drug-likeness (QED) is 0.335. The van der Waals surface area contributed by atoms with E-state index in [1.807, 2.05) is 0 Å². The van der Waals surface area contributed by atoms with E-state index >= 15 is 0 Å². The molecule has 30 heavy (non-hydrogen) atoms. The number of hydrogen-bond donors (Lipinski definition) is 0. The van der Waals surface area contributed by atoms with E-state index in [0.29, 0.717) is 0 Å². The molecule has 0 spiro atoms. The molecule has 1 atom stereocenters. The van der Waals surface area contributed by atoms with Crippen LogP contribution in [0.4, 0.5) is 0 Å². The van der Waals surface area contributed by atoms with Crippen LogP contribution in [0, 0.1) is 5.92 Å². The van der Waals surface area contributed by atoms with Gasteiger partial charge >= 0.3 is 0 Å². The zero-order chi connectivity index (χ0) is 20.2. The molecule has 1 aliphatic carbocycles. The van der Waals surface area contributed by atoms with E-state index < -0.39 is 0 Å². The average molecular weight is 388 g/mol. The van der Waals surface area contributed by atoms with Crippen LogP contribution in [0.1, 0.15) is 34.2 Å². The molecule has 147 valence electrons. The van der Waals surface area contributed by atoms with Gasteiger partial charge in [0.05, 0.1) is 0 Å². The van der Waals surface area contributed by atoms with Gasteiger partial charge in [-0.05, 0) is 53.5 Å². The lowest BCUT2D eigenvalue weighted by Gasteiger charge is -2.37. The van der Waals surface area contributed by atoms with Crippen molar-refractivity contribution in [3.8, 4) is 0 Å². The van der Waals surface area contributed by atoms with Crippen LogP contribution in [-0.2, 0) is 24.7 Å². The summed E-state index contributed by atoms with van der Waals surface area (Å²) in [7, 11) is 0. The molecule has 0 heterocycles. The second-order valence-corrected chi connectivity index (χ2v) is 8.41. The predicted octanol–water partition coefficient (Wildman–Crippen LogP) is 6.98. The Balaban J connectivity index is 1.59. The van der Waals surface area contributed by atoms with E-state index in [0.717, 1.165) is 25.7 Å². The van der Waals surface area contributed by atoms with Gasteiger partial charge in [0.2, 0.25) is 0 Å². The first-order valence-electron chi connectivity index (χ1n) is 10.9. The highest BCUT2D eigenvalue weighted by Crippen LogP contribution is 2.52. The van der Waals surface area contributed by atoms with Gasteiger partial charge in [-0.15, -0.1) is 0 Å². The molecule has 0 nitrogen and oxygen atoms in total. The first-order chi connectivity index (χ1) is 14.9. The summed E-state index contributed by atoms with van der Waals surface area (Å²) in [4.78, 5) is 0. The first-order valence-corrected chi connectivity index (χ1v) is 10.9. The fraction of sp³-hybridized carbons (Fsp3) is 0.167. The largest absolute Gasteiger partial charge is 0.0622 e. The van der Waals surface area contributed by atoms with Gasteiger partial charge < -0.3 is 0 Å². The highest BCUT2D eigenvalue weighted by Gasteiger charge is 2.47. The van der Waals surface area contributed by atoms with Gasteiger partial charge in [-0.25, -0.2) is 0 Å². The molecule has 0 heteroatoms. The van der Waals surface area contributed by atoms with Crippen molar-refractivity contribution in [2.75, 3.05) is 0 Å². The van der Waals surface area contributed by atoms with Crippen molar-refractivity contribution in [2.24, 2.45) is 0 Å². The Hall–Kier alpha value is -3.12. The standard InChI is InChI=1S/C30H27/c1-4-12-24(13-5-1)20-21-29-28-19-11-10-16-26(28)23-30(29,27-17-8-3-9-18-27)22-25-14-6-2-7-15-25/h1-19H,20-23H2. The normalized spacial score (nSPS) is 18.3. The van der Waals surface area contributed by atoms with Gasteiger partial charge in [-0.2, -0.15) is 0 Å². The predicted molar refractivity (Wildman–Crippen MR) is 126 cm³/mol. The fourth-order valence-corrected chi connectivity index (χ4v) is 5.20. The Morgan fingerprint density at radius 2 is 1.10 bits per heavy atom. The topological polar surface area (TPSA) is 0 Å². The fourth-order valence-electron chi connectivity index (χ4n) is 5.20. The molecular weight excluding hydrogens is 360 g/mol. The maximum absolute atomic E-state index is 2.34. The number of rotatable bonds is 6. The highest BCUT2D eigenvalue weighted by atomic mass is 14.5. The molecule has 0 saturated heterocycles. The summed E-state index contributed by atoms with van der Waals surface area (Å²) in [6.07, 6.45) is 4.28. The van der Waals surface area contributed by atoms with Crippen LogP contribution in [0.15, 0.2) is 115 Å². The number of hydrogen-bond acceptors (Lipinski definition) is 0. The molecule has 0 fully saturated rings. The molecule has 0 saturated carbocycles. The molecule has 0 aromatic heterocycles. The SMILES string of the molecule is c1ccc(CC[C]2c3ccccc3CC2(Cc2ccccc2)c2ccccc2)cc1. The molecule has 0 bridgehead atoms. The number of benzene rings is 4. The first kappa shape index (κ1) is 18.9. The number of aryl methyl sites for hydroxylation is 1. The molecule has 0 N–H and O–H groups in total. The monoisotopic (exact) mass is 387 g/mol. The van der Waals surface area contributed by atoms with E-state index in [2.05, 4.69) is 115 Å². The van der Waals surface area contributed by atoms with Crippen LogP contribution >= 0.6 is 0 Å². The molecular formula is C30H27. The van der Waals surface area contributed by atoms with Gasteiger partial charge in [0.1, 0.15) is 0 Å². The van der Waals surface area contributed by atoms with Crippen molar-refractivity contribution < 1.29 is 0 Å². The molecule has 1 unspecified atom stereocenters. The van der Waals surface area contributed by atoms with Crippen LogP contribution in [0.2, 0.25) is 0 Å². The van der Waals surface area contributed by atoms with Crippen LogP contribution in [0.25, 0.3) is 0 Å². The Morgan fingerprint density at radius 1 is 0.533 bits per heavy atom. The Bertz CT molecular complexity index is 1080. The van der Waals surface area contributed by atoms with E-state index in [4.69, 9.17) is 0 Å². The second kappa shape index (κ2) is 8.32. The molecule has 5 rings (SSSR count). The Morgan fingerprint density at radius 3 is 1.80 bits per heavy atom. The summed E-state index contributed by atoms with van der Waals surface area (Å²) >= 11 is 0. The maximum Gasteiger partial charge on any atom is 0.0168 e. The Kier molecular flexibility index (Phi) is 5.24. The lowest BCUT2D eigenvalue weighted by Crippen LogP contribution is -2.35. The summed E-state index contributed by atoms with van der Waals surface area (Å²) < 4.78 is 0. The van der Waals surface area contributed by atoms with Crippen molar-refractivity contribution in [1.29, 1.82) is 0 Å². The molecule has 1 aliphatic rings. The molecule has 4 aromatic rings. The minimum Gasteiger partial charge on any atom is -0.0622 e. The van der Waals surface area contributed by atoms with E-state index in [9.17, 15) is 0 Å². The second-order valence-electron chi connectivity index (χ2n) is 8.41. The minimum atomic E-state index is 0.0150. The van der Waals surface area contributed by atoms with Gasteiger partial charge in [0.25, 0.3) is 0 Å². The van der Waals surface area contributed by atoms with Crippen LogP contribution in [0.5, 0.6) is 0 Å². The third kappa shape index (κ3) is 3.59. The summed E-state index contributed by atoms with van der Waals surface area (Å²) in [5.41, 5.74) is 7.23. The third-order valence-electron chi connectivity index (χ3n) is 6.59. The zero-order valence-corrected chi connectivity index (χ0v) is 17.3. The van der Waals surface area contributed by atoms with Crippen LogP contribution in [0.3, 0.4) is 0 Å². The minimum absolute atomic E-state index is 0.0150.